The molecule has 26 heavy (non-hydrogen) atoms. The van der Waals surface area contributed by atoms with Gasteiger partial charge >= 0.3 is 0 Å². The Balaban J connectivity index is 1.48. The minimum Gasteiger partial charge on any atom is -0.423 e. The normalized spacial score (nSPS) is 26.8. The molecular weight excluding hydrogens is 328 g/mol. The van der Waals surface area contributed by atoms with Crippen LogP contribution >= 0.6 is 0 Å². The van der Waals surface area contributed by atoms with Crippen molar-refractivity contribution in [3.05, 3.63) is 41.7 Å². The zero-order valence-corrected chi connectivity index (χ0v) is 15.1. The predicted molar refractivity (Wildman–Crippen MR) is 99.4 cm³/mol. The van der Waals surface area contributed by atoms with Crippen molar-refractivity contribution in [2.45, 2.75) is 57.0 Å². The van der Waals surface area contributed by atoms with Gasteiger partial charge in [0.2, 0.25) is 0 Å². The van der Waals surface area contributed by atoms with Crippen LogP contribution in [0.5, 0.6) is 0 Å². The summed E-state index contributed by atoms with van der Waals surface area (Å²) in [4.78, 5) is 24.5. The van der Waals surface area contributed by atoms with Crippen LogP contribution < -0.4 is 5.32 Å². The molecular formula is C21H26N2O3. The van der Waals surface area contributed by atoms with Crippen LogP contribution in [0.15, 0.2) is 30.5 Å². The van der Waals surface area contributed by atoms with Gasteiger partial charge in [0.05, 0.1) is 0 Å². The van der Waals surface area contributed by atoms with Crippen LogP contribution in [0.4, 0.5) is 5.69 Å². The standard InChI is InChI=1S/C21H26N2O3/c1-15(26-14-24)20(25)23-11-7-17-2-3-19(12-18(17)13-23)22-21-8-4-16(5-9-21)6-10-21/h2-3,12,14,16,22H,1,4-11,13H2. The molecule has 5 rings (SSSR count). The van der Waals surface area contributed by atoms with Gasteiger partial charge in [-0.05, 0) is 74.1 Å². The molecule has 1 heterocycles. The molecule has 5 heteroatoms. The molecule has 4 aliphatic rings. The minimum absolute atomic E-state index is 0.115. The second-order valence-electron chi connectivity index (χ2n) is 7.98. The Labute approximate surface area is 154 Å². The summed E-state index contributed by atoms with van der Waals surface area (Å²) in [5, 5.41) is 3.83. The second-order valence-corrected chi connectivity index (χ2v) is 7.98. The molecule has 0 atom stereocenters. The second kappa shape index (κ2) is 6.78. The van der Waals surface area contributed by atoms with Crippen LogP contribution in [0.25, 0.3) is 0 Å². The zero-order chi connectivity index (χ0) is 18.1. The van der Waals surface area contributed by atoms with Gasteiger partial charge in [-0.1, -0.05) is 12.6 Å². The molecule has 0 aromatic heterocycles. The van der Waals surface area contributed by atoms with E-state index in [1.165, 1.54) is 44.1 Å². The summed E-state index contributed by atoms with van der Waals surface area (Å²) in [6.07, 6.45) is 8.65. The molecule has 3 fully saturated rings. The molecule has 0 radical (unpaired) electrons. The summed E-state index contributed by atoms with van der Waals surface area (Å²) in [6.45, 7) is 4.93. The van der Waals surface area contributed by atoms with Gasteiger partial charge in [0, 0.05) is 24.3 Å². The van der Waals surface area contributed by atoms with E-state index < -0.39 is 0 Å². The Morgan fingerprint density at radius 1 is 1.23 bits per heavy atom. The van der Waals surface area contributed by atoms with E-state index in [2.05, 4.69) is 34.8 Å². The smallest absolute Gasteiger partial charge is 0.298 e. The number of fused-ring (bicyclic) bond motifs is 4. The summed E-state index contributed by atoms with van der Waals surface area (Å²) in [5.74, 6) is 0.518. The third kappa shape index (κ3) is 3.22. The summed E-state index contributed by atoms with van der Waals surface area (Å²) < 4.78 is 4.62. The zero-order valence-electron chi connectivity index (χ0n) is 15.1. The van der Waals surface area contributed by atoms with Crippen molar-refractivity contribution >= 4 is 18.1 Å². The first-order valence-electron chi connectivity index (χ1n) is 9.57. The number of rotatable bonds is 5. The molecule has 1 aliphatic heterocycles. The van der Waals surface area contributed by atoms with Crippen LogP contribution in [0.2, 0.25) is 0 Å². The minimum atomic E-state index is -0.315. The molecule has 0 spiro atoms. The number of nitrogens with one attached hydrogen (secondary N) is 1. The molecule has 2 bridgehead atoms. The van der Waals surface area contributed by atoms with Crippen molar-refractivity contribution in [1.29, 1.82) is 0 Å². The van der Waals surface area contributed by atoms with E-state index in [0.29, 0.717) is 13.1 Å². The molecule has 1 N–H and O–H groups in total. The van der Waals surface area contributed by atoms with E-state index in [9.17, 15) is 9.59 Å². The maximum Gasteiger partial charge on any atom is 0.298 e. The maximum atomic E-state index is 12.3. The summed E-state index contributed by atoms with van der Waals surface area (Å²) in [5.41, 5.74) is 3.86. The van der Waals surface area contributed by atoms with Gasteiger partial charge in [-0.2, -0.15) is 0 Å². The molecule has 1 amide bonds. The van der Waals surface area contributed by atoms with Crippen molar-refractivity contribution < 1.29 is 14.3 Å². The first-order valence-corrected chi connectivity index (χ1v) is 9.57. The highest BCUT2D eigenvalue weighted by Gasteiger charge is 2.40. The molecule has 138 valence electrons. The number of benzene rings is 1. The number of nitrogens with zero attached hydrogens (tertiary/aromatic N) is 1. The number of carbonyl (C=O) groups is 2. The van der Waals surface area contributed by atoms with E-state index in [1.54, 1.807) is 4.90 Å². The number of carbonyl (C=O) groups excluding carboxylic acids is 2. The van der Waals surface area contributed by atoms with Gasteiger partial charge in [0.1, 0.15) is 0 Å². The Hall–Kier alpha value is -2.30. The summed E-state index contributed by atoms with van der Waals surface area (Å²) in [6, 6.07) is 6.55. The molecule has 3 saturated carbocycles. The van der Waals surface area contributed by atoms with Crippen molar-refractivity contribution in [3.8, 4) is 0 Å². The van der Waals surface area contributed by atoms with Gasteiger partial charge in [-0.3, -0.25) is 9.59 Å². The SMILES string of the molecule is C=C(OC=O)C(=O)N1CCc2ccc(NC34CCC(CC3)CC4)cc2C1. The number of anilines is 1. The Kier molecular flexibility index (Phi) is 4.47. The average Bonchev–Trinajstić information content (AvgIpc) is 2.68. The van der Waals surface area contributed by atoms with Crippen molar-refractivity contribution in [1.82, 2.24) is 4.90 Å². The topological polar surface area (TPSA) is 58.6 Å². The first kappa shape index (κ1) is 17.1. The van der Waals surface area contributed by atoms with Crippen LogP contribution in [-0.2, 0) is 27.3 Å². The number of hydrogen-bond acceptors (Lipinski definition) is 4. The van der Waals surface area contributed by atoms with Gasteiger partial charge in [0.15, 0.2) is 5.76 Å². The van der Waals surface area contributed by atoms with E-state index >= 15 is 0 Å². The monoisotopic (exact) mass is 354 g/mol. The summed E-state index contributed by atoms with van der Waals surface area (Å²) >= 11 is 0. The van der Waals surface area contributed by atoms with Gasteiger partial charge in [-0.25, -0.2) is 0 Å². The Morgan fingerprint density at radius 2 is 1.96 bits per heavy atom. The third-order valence-corrected chi connectivity index (χ3v) is 6.44. The quantitative estimate of drug-likeness (QED) is 0.500. The van der Waals surface area contributed by atoms with E-state index in [4.69, 9.17) is 0 Å². The predicted octanol–water partition coefficient (Wildman–Crippen LogP) is 3.39. The van der Waals surface area contributed by atoms with Crippen molar-refractivity contribution in [3.63, 3.8) is 0 Å². The van der Waals surface area contributed by atoms with E-state index in [0.717, 1.165) is 23.6 Å². The molecule has 0 saturated heterocycles. The number of ether oxygens (including phenoxy) is 1. The maximum absolute atomic E-state index is 12.3. The highest BCUT2D eigenvalue weighted by molar-refractivity contribution is 5.92. The largest absolute Gasteiger partial charge is 0.423 e. The Bertz CT molecular complexity index is 721. The van der Waals surface area contributed by atoms with Gasteiger partial charge in [0.25, 0.3) is 12.4 Å². The van der Waals surface area contributed by atoms with Crippen LogP contribution in [0.1, 0.15) is 49.7 Å². The van der Waals surface area contributed by atoms with Crippen LogP contribution in [0.3, 0.4) is 0 Å². The van der Waals surface area contributed by atoms with Crippen LogP contribution in [-0.4, -0.2) is 29.4 Å². The van der Waals surface area contributed by atoms with E-state index in [1.807, 2.05) is 0 Å². The molecule has 0 unspecified atom stereocenters. The lowest BCUT2D eigenvalue weighted by molar-refractivity contribution is -0.137. The fourth-order valence-electron chi connectivity index (χ4n) is 4.84. The van der Waals surface area contributed by atoms with Crippen LogP contribution in [0, 0.1) is 5.92 Å². The third-order valence-electron chi connectivity index (χ3n) is 6.44. The lowest BCUT2D eigenvalue weighted by Crippen LogP contribution is -2.46. The molecule has 5 nitrogen and oxygen atoms in total. The molecule has 1 aromatic carbocycles. The lowest BCUT2D eigenvalue weighted by atomic mass is 9.66. The summed E-state index contributed by atoms with van der Waals surface area (Å²) in [7, 11) is 0. The van der Waals surface area contributed by atoms with E-state index in [-0.39, 0.29) is 23.7 Å². The fourth-order valence-corrected chi connectivity index (χ4v) is 4.84. The van der Waals surface area contributed by atoms with Crippen molar-refractivity contribution in [2.75, 3.05) is 11.9 Å². The number of amides is 1. The highest BCUT2D eigenvalue weighted by atomic mass is 16.5. The average molecular weight is 354 g/mol. The molecule has 1 aromatic rings. The van der Waals surface area contributed by atoms with Crippen molar-refractivity contribution in [2.24, 2.45) is 5.92 Å². The first-order chi connectivity index (χ1) is 12.6. The van der Waals surface area contributed by atoms with Gasteiger partial charge < -0.3 is 15.0 Å². The fraction of sp³-hybridized carbons (Fsp3) is 0.524. The van der Waals surface area contributed by atoms with Gasteiger partial charge in [-0.15, -0.1) is 0 Å². The molecule has 3 aliphatic carbocycles. The lowest BCUT2D eigenvalue weighted by Gasteiger charge is -2.47. The highest BCUT2D eigenvalue weighted by Crippen LogP contribution is 2.46. The Morgan fingerprint density at radius 3 is 2.65 bits per heavy atom. The number of hydrogen-bond donors (Lipinski definition) is 1.